The molecule has 2 aromatic rings. The third kappa shape index (κ3) is 2.40. The second-order valence-corrected chi connectivity index (χ2v) is 6.92. The van der Waals surface area contributed by atoms with Crippen molar-refractivity contribution in [2.24, 2.45) is 5.73 Å². The van der Waals surface area contributed by atoms with Crippen LogP contribution in [0.1, 0.15) is 50.9 Å². The van der Waals surface area contributed by atoms with Gasteiger partial charge >= 0.3 is 0 Å². The minimum Gasteiger partial charge on any atom is -0.320 e. The van der Waals surface area contributed by atoms with Crippen molar-refractivity contribution in [1.29, 1.82) is 0 Å². The molecule has 0 fully saturated rings. The molecule has 1 unspecified atom stereocenters. The summed E-state index contributed by atoms with van der Waals surface area (Å²) in [7, 11) is 0. The van der Waals surface area contributed by atoms with Crippen molar-refractivity contribution in [2.45, 2.75) is 45.6 Å². The molecule has 0 bridgehead atoms. The Morgan fingerprint density at radius 2 is 1.75 bits per heavy atom. The van der Waals surface area contributed by atoms with Crippen LogP contribution in [-0.2, 0) is 12.8 Å². The molecule has 0 saturated heterocycles. The number of aryl methyl sites for hydroxylation is 4. The van der Waals surface area contributed by atoms with Gasteiger partial charge in [0, 0.05) is 9.75 Å². The van der Waals surface area contributed by atoms with E-state index in [0.29, 0.717) is 11.1 Å². The zero-order valence-corrected chi connectivity index (χ0v) is 12.8. The van der Waals surface area contributed by atoms with Gasteiger partial charge in [0.05, 0.1) is 6.04 Å². The summed E-state index contributed by atoms with van der Waals surface area (Å²) in [6.45, 7) is 3.61. The molecule has 20 heavy (non-hydrogen) atoms. The van der Waals surface area contributed by atoms with E-state index in [1.165, 1.54) is 41.0 Å². The fraction of sp³-hybridized carbons (Fsp3) is 0.412. The molecular formula is C17H20FNS. The van der Waals surface area contributed by atoms with Gasteiger partial charge in [0.15, 0.2) is 0 Å². The van der Waals surface area contributed by atoms with Crippen LogP contribution in [0.5, 0.6) is 0 Å². The van der Waals surface area contributed by atoms with Crippen LogP contribution in [0.3, 0.4) is 0 Å². The topological polar surface area (TPSA) is 26.0 Å². The summed E-state index contributed by atoms with van der Waals surface area (Å²) < 4.78 is 13.7. The number of halogens is 1. The molecule has 1 aliphatic rings. The minimum atomic E-state index is -0.136. The Balaban J connectivity index is 1.96. The molecule has 106 valence electrons. The van der Waals surface area contributed by atoms with E-state index in [2.05, 4.69) is 6.07 Å². The Bertz CT molecular complexity index is 598. The number of hydrogen-bond acceptors (Lipinski definition) is 2. The van der Waals surface area contributed by atoms with Crippen molar-refractivity contribution in [2.75, 3.05) is 0 Å². The Hall–Kier alpha value is -1.19. The summed E-state index contributed by atoms with van der Waals surface area (Å²) in [4.78, 5) is 2.71. The van der Waals surface area contributed by atoms with Gasteiger partial charge in [-0.3, -0.25) is 0 Å². The molecule has 0 radical (unpaired) electrons. The van der Waals surface area contributed by atoms with Crippen LogP contribution >= 0.6 is 11.3 Å². The summed E-state index contributed by atoms with van der Waals surface area (Å²) >= 11 is 1.84. The van der Waals surface area contributed by atoms with Gasteiger partial charge in [0.2, 0.25) is 0 Å². The standard InChI is InChI=1S/C17H20FNS/c1-10-7-13(8-11(2)16(10)18)17(19)15-9-12-5-3-4-6-14(12)20-15/h7-9,17H,3-6,19H2,1-2H3. The highest BCUT2D eigenvalue weighted by Crippen LogP contribution is 2.35. The number of rotatable bonds is 2. The van der Waals surface area contributed by atoms with Crippen LogP contribution in [0.25, 0.3) is 0 Å². The second-order valence-electron chi connectivity index (χ2n) is 5.75. The summed E-state index contributed by atoms with van der Waals surface area (Å²) in [6, 6.07) is 5.89. The number of nitrogens with two attached hydrogens (primary N) is 1. The molecule has 1 aromatic heterocycles. The Kier molecular flexibility index (Phi) is 3.65. The summed E-state index contributed by atoms with van der Waals surface area (Å²) in [5.74, 6) is -0.119. The molecule has 0 spiro atoms. The fourth-order valence-corrected chi connectivity index (χ4v) is 4.28. The highest BCUT2D eigenvalue weighted by molar-refractivity contribution is 7.12. The van der Waals surface area contributed by atoms with E-state index < -0.39 is 0 Å². The predicted octanol–water partition coefficient (Wildman–Crippen LogP) is 4.43. The molecule has 1 nitrogen and oxygen atoms in total. The van der Waals surface area contributed by atoms with Crippen LogP contribution < -0.4 is 5.73 Å². The number of thiophene rings is 1. The molecule has 1 aliphatic carbocycles. The van der Waals surface area contributed by atoms with Gasteiger partial charge < -0.3 is 5.73 Å². The van der Waals surface area contributed by atoms with Crippen LogP contribution in [0.15, 0.2) is 18.2 Å². The van der Waals surface area contributed by atoms with E-state index in [1.807, 2.05) is 23.5 Å². The zero-order chi connectivity index (χ0) is 14.3. The van der Waals surface area contributed by atoms with Crippen LogP contribution in [0.4, 0.5) is 4.39 Å². The molecule has 3 rings (SSSR count). The van der Waals surface area contributed by atoms with Gasteiger partial charge in [0.25, 0.3) is 0 Å². The van der Waals surface area contributed by atoms with E-state index in [1.54, 1.807) is 13.8 Å². The molecule has 2 N–H and O–H groups in total. The van der Waals surface area contributed by atoms with Crippen LogP contribution in [-0.4, -0.2) is 0 Å². The van der Waals surface area contributed by atoms with Gasteiger partial charge in [-0.2, -0.15) is 0 Å². The number of fused-ring (bicyclic) bond motifs is 1. The summed E-state index contributed by atoms with van der Waals surface area (Å²) in [5, 5.41) is 0. The van der Waals surface area contributed by atoms with E-state index in [0.717, 1.165) is 5.56 Å². The zero-order valence-electron chi connectivity index (χ0n) is 12.0. The van der Waals surface area contributed by atoms with E-state index in [4.69, 9.17) is 5.73 Å². The van der Waals surface area contributed by atoms with Gasteiger partial charge in [-0.15, -0.1) is 11.3 Å². The molecule has 1 atom stereocenters. The van der Waals surface area contributed by atoms with Crippen LogP contribution in [0, 0.1) is 19.7 Å². The molecule has 0 saturated carbocycles. The smallest absolute Gasteiger partial charge is 0.129 e. The molecule has 0 amide bonds. The van der Waals surface area contributed by atoms with E-state index in [-0.39, 0.29) is 11.9 Å². The largest absolute Gasteiger partial charge is 0.320 e. The molecule has 1 heterocycles. The first-order valence-corrected chi connectivity index (χ1v) is 8.01. The van der Waals surface area contributed by atoms with Crippen molar-refractivity contribution in [3.05, 3.63) is 56.0 Å². The SMILES string of the molecule is Cc1cc(C(N)c2cc3c(s2)CCCC3)cc(C)c1F. The first-order chi connectivity index (χ1) is 9.56. The van der Waals surface area contributed by atoms with Crippen LogP contribution in [0.2, 0.25) is 0 Å². The maximum Gasteiger partial charge on any atom is 0.129 e. The van der Waals surface area contributed by atoms with E-state index >= 15 is 0 Å². The average molecular weight is 289 g/mol. The van der Waals surface area contributed by atoms with Crippen molar-refractivity contribution in [3.8, 4) is 0 Å². The fourth-order valence-electron chi connectivity index (χ4n) is 2.99. The lowest BCUT2D eigenvalue weighted by molar-refractivity contribution is 0.607. The molecular weight excluding hydrogens is 269 g/mol. The third-order valence-corrected chi connectivity index (χ3v) is 5.46. The van der Waals surface area contributed by atoms with Gasteiger partial charge in [-0.1, -0.05) is 12.1 Å². The molecule has 0 aliphatic heterocycles. The van der Waals surface area contributed by atoms with Crippen molar-refractivity contribution in [3.63, 3.8) is 0 Å². The highest BCUT2D eigenvalue weighted by Gasteiger charge is 2.19. The monoisotopic (exact) mass is 289 g/mol. The maximum absolute atomic E-state index is 13.7. The normalized spacial score (nSPS) is 16.0. The molecule has 3 heteroatoms. The molecule has 1 aromatic carbocycles. The van der Waals surface area contributed by atoms with Crippen molar-refractivity contribution >= 4 is 11.3 Å². The van der Waals surface area contributed by atoms with Gasteiger partial charge in [-0.25, -0.2) is 4.39 Å². The second kappa shape index (κ2) is 5.30. The van der Waals surface area contributed by atoms with E-state index in [9.17, 15) is 4.39 Å². The number of hydrogen-bond donors (Lipinski definition) is 1. The van der Waals surface area contributed by atoms with Crippen molar-refractivity contribution < 1.29 is 4.39 Å². The Morgan fingerprint density at radius 1 is 1.10 bits per heavy atom. The van der Waals surface area contributed by atoms with Gasteiger partial charge in [-0.05, 0) is 67.9 Å². The Labute approximate surface area is 123 Å². The average Bonchev–Trinajstić information content (AvgIpc) is 2.87. The minimum absolute atomic E-state index is 0.119. The first kappa shape index (κ1) is 13.8. The first-order valence-electron chi connectivity index (χ1n) is 7.20. The maximum atomic E-state index is 13.7. The van der Waals surface area contributed by atoms with Crippen molar-refractivity contribution in [1.82, 2.24) is 0 Å². The lowest BCUT2D eigenvalue weighted by Gasteiger charge is -2.13. The third-order valence-electron chi connectivity index (χ3n) is 4.14. The lowest BCUT2D eigenvalue weighted by Crippen LogP contribution is -2.11. The summed E-state index contributed by atoms with van der Waals surface area (Å²) in [5.41, 5.74) is 10.2. The predicted molar refractivity (Wildman–Crippen MR) is 82.9 cm³/mol. The quantitative estimate of drug-likeness (QED) is 0.869. The number of benzene rings is 1. The summed E-state index contributed by atoms with van der Waals surface area (Å²) in [6.07, 6.45) is 4.94. The Morgan fingerprint density at radius 3 is 2.40 bits per heavy atom. The lowest BCUT2D eigenvalue weighted by atomic mass is 9.97. The van der Waals surface area contributed by atoms with Gasteiger partial charge in [0.1, 0.15) is 5.82 Å². The highest BCUT2D eigenvalue weighted by atomic mass is 32.1.